The lowest BCUT2D eigenvalue weighted by molar-refractivity contribution is 0.206. The summed E-state index contributed by atoms with van der Waals surface area (Å²) in [6.45, 7) is 0. The smallest absolute Gasteiger partial charge is 0.241 e. The van der Waals surface area contributed by atoms with E-state index in [1.54, 1.807) is 24.3 Å². The van der Waals surface area contributed by atoms with Crippen LogP contribution in [0.3, 0.4) is 0 Å². The maximum Gasteiger partial charge on any atom is 0.241 e. The first-order valence-corrected chi connectivity index (χ1v) is 5.64. The van der Waals surface area contributed by atoms with Gasteiger partial charge in [0.15, 0.2) is 0 Å². The van der Waals surface area contributed by atoms with Gasteiger partial charge in [0.05, 0.1) is 20.4 Å². The van der Waals surface area contributed by atoms with Crippen LogP contribution in [0.25, 0.3) is 0 Å². The Hall–Kier alpha value is -2.34. The summed E-state index contributed by atoms with van der Waals surface area (Å²) in [5.41, 5.74) is 7.20. The first-order chi connectivity index (χ1) is 9.15. The van der Waals surface area contributed by atoms with Gasteiger partial charge in [-0.15, -0.1) is 0 Å². The Bertz CT molecular complexity index is 575. The fourth-order valence-corrected chi connectivity index (χ4v) is 1.69. The largest absolute Gasteiger partial charge is 0.480 e. The minimum atomic E-state index is -0.961. The number of rotatable bonds is 4. The van der Waals surface area contributed by atoms with Gasteiger partial charge in [-0.2, -0.15) is 4.98 Å². The molecular formula is C13H15N3O3. The molecule has 19 heavy (non-hydrogen) atoms. The summed E-state index contributed by atoms with van der Waals surface area (Å²) in [5, 5.41) is 10.3. The van der Waals surface area contributed by atoms with E-state index < -0.39 is 6.10 Å². The van der Waals surface area contributed by atoms with E-state index in [2.05, 4.69) is 9.97 Å². The molecule has 1 aromatic heterocycles. The van der Waals surface area contributed by atoms with Gasteiger partial charge in [-0.3, -0.25) is 0 Å². The molecule has 0 radical (unpaired) electrons. The van der Waals surface area contributed by atoms with Gasteiger partial charge in [0.1, 0.15) is 11.8 Å². The lowest BCUT2D eigenvalue weighted by atomic mass is 10.1. The monoisotopic (exact) mass is 261 g/mol. The van der Waals surface area contributed by atoms with Crippen molar-refractivity contribution in [2.75, 3.05) is 20.0 Å². The molecule has 1 aromatic carbocycles. The van der Waals surface area contributed by atoms with Gasteiger partial charge in [0.25, 0.3) is 0 Å². The van der Waals surface area contributed by atoms with Crippen LogP contribution in [0.1, 0.15) is 17.4 Å². The van der Waals surface area contributed by atoms with E-state index in [9.17, 15) is 5.11 Å². The zero-order chi connectivity index (χ0) is 13.8. The average Bonchev–Trinajstić information content (AvgIpc) is 2.45. The van der Waals surface area contributed by atoms with E-state index >= 15 is 0 Å². The van der Waals surface area contributed by atoms with E-state index in [-0.39, 0.29) is 5.88 Å². The molecule has 2 aromatic rings. The summed E-state index contributed by atoms with van der Waals surface area (Å²) in [5.74, 6) is 0.537. The third-order valence-electron chi connectivity index (χ3n) is 2.63. The zero-order valence-electron chi connectivity index (χ0n) is 10.7. The molecule has 0 saturated carbocycles. The second kappa shape index (κ2) is 5.53. The number of nitrogens with two attached hydrogens (primary N) is 1. The number of ether oxygens (including phenoxy) is 2. The molecule has 6 heteroatoms. The first kappa shape index (κ1) is 13.1. The first-order valence-electron chi connectivity index (χ1n) is 5.64. The lowest BCUT2D eigenvalue weighted by Crippen LogP contribution is -2.07. The molecule has 3 N–H and O–H groups in total. The SMILES string of the molecule is COc1cnc(C(O)c2cccc(N)c2)c(OC)n1. The summed E-state index contributed by atoms with van der Waals surface area (Å²) >= 11 is 0. The van der Waals surface area contributed by atoms with Crippen LogP contribution in [-0.2, 0) is 0 Å². The highest BCUT2D eigenvalue weighted by Gasteiger charge is 2.19. The van der Waals surface area contributed by atoms with Crippen LogP contribution in [0, 0.1) is 0 Å². The van der Waals surface area contributed by atoms with Crippen LogP contribution >= 0.6 is 0 Å². The molecule has 6 nitrogen and oxygen atoms in total. The van der Waals surface area contributed by atoms with Crippen molar-refractivity contribution in [2.24, 2.45) is 0 Å². The molecule has 0 aliphatic heterocycles. The molecule has 2 rings (SSSR count). The van der Waals surface area contributed by atoms with E-state index in [1.165, 1.54) is 20.4 Å². The van der Waals surface area contributed by atoms with E-state index in [1.807, 2.05) is 0 Å². The van der Waals surface area contributed by atoms with Crippen molar-refractivity contribution >= 4 is 5.69 Å². The van der Waals surface area contributed by atoms with Crippen LogP contribution in [-0.4, -0.2) is 29.3 Å². The summed E-state index contributed by atoms with van der Waals surface area (Å²) in [6, 6.07) is 6.94. The summed E-state index contributed by atoms with van der Waals surface area (Å²) in [6.07, 6.45) is 0.463. The molecule has 1 atom stereocenters. The van der Waals surface area contributed by atoms with Gasteiger partial charge in [0, 0.05) is 5.69 Å². The third kappa shape index (κ3) is 2.74. The number of nitrogens with zero attached hydrogens (tertiary/aromatic N) is 2. The molecule has 1 unspecified atom stereocenters. The Morgan fingerprint density at radius 1 is 1.26 bits per heavy atom. The van der Waals surface area contributed by atoms with Crippen LogP contribution in [0.4, 0.5) is 5.69 Å². The molecule has 0 saturated heterocycles. The standard InChI is InChI=1S/C13H15N3O3/c1-18-10-7-15-11(13(16-10)19-2)12(17)8-4-3-5-9(14)6-8/h3-7,12,17H,14H2,1-2H3. The van der Waals surface area contributed by atoms with Crippen LogP contribution in [0.15, 0.2) is 30.5 Å². The van der Waals surface area contributed by atoms with Crippen molar-refractivity contribution in [3.63, 3.8) is 0 Å². The van der Waals surface area contributed by atoms with Crippen molar-refractivity contribution in [3.8, 4) is 11.8 Å². The fraction of sp³-hybridized carbons (Fsp3) is 0.231. The highest BCUT2D eigenvalue weighted by Crippen LogP contribution is 2.28. The van der Waals surface area contributed by atoms with Crippen LogP contribution in [0.2, 0.25) is 0 Å². The number of hydrogen-bond acceptors (Lipinski definition) is 6. The second-order valence-electron chi connectivity index (χ2n) is 3.88. The van der Waals surface area contributed by atoms with Crippen molar-refractivity contribution in [1.29, 1.82) is 0 Å². The van der Waals surface area contributed by atoms with Crippen LogP contribution < -0.4 is 15.2 Å². The van der Waals surface area contributed by atoms with Crippen molar-refractivity contribution in [3.05, 3.63) is 41.7 Å². The molecule has 0 aliphatic rings. The minimum Gasteiger partial charge on any atom is -0.480 e. The molecular weight excluding hydrogens is 246 g/mol. The molecule has 100 valence electrons. The number of benzene rings is 1. The quantitative estimate of drug-likeness (QED) is 0.802. The summed E-state index contributed by atoms with van der Waals surface area (Å²) in [4.78, 5) is 8.20. The molecule has 0 aliphatic carbocycles. The van der Waals surface area contributed by atoms with E-state index in [0.29, 0.717) is 22.8 Å². The topological polar surface area (TPSA) is 90.5 Å². The Morgan fingerprint density at radius 2 is 2.05 bits per heavy atom. The number of methoxy groups -OCH3 is 2. The van der Waals surface area contributed by atoms with Gasteiger partial charge in [-0.05, 0) is 17.7 Å². The normalized spacial score (nSPS) is 11.9. The average molecular weight is 261 g/mol. The molecule has 0 fully saturated rings. The molecule has 0 bridgehead atoms. The Balaban J connectivity index is 2.40. The van der Waals surface area contributed by atoms with Gasteiger partial charge < -0.3 is 20.3 Å². The van der Waals surface area contributed by atoms with Gasteiger partial charge in [-0.1, -0.05) is 12.1 Å². The Kier molecular flexibility index (Phi) is 3.82. The number of aliphatic hydroxyl groups excluding tert-OH is 1. The Morgan fingerprint density at radius 3 is 2.68 bits per heavy atom. The third-order valence-corrected chi connectivity index (χ3v) is 2.63. The van der Waals surface area contributed by atoms with Crippen molar-refractivity contribution in [2.45, 2.75) is 6.10 Å². The van der Waals surface area contributed by atoms with Gasteiger partial charge in [-0.25, -0.2) is 4.98 Å². The second-order valence-corrected chi connectivity index (χ2v) is 3.88. The number of hydrogen-bond donors (Lipinski definition) is 2. The van der Waals surface area contributed by atoms with Gasteiger partial charge >= 0.3 is 0 Å². The minimum absolute atomic E-state index is 0.217. The molecule has 1 heterocycles. The zero-order valence-corrected chi connectivity index (χ0v) is 10.7. The van der Waals surface area contributed by atoms with E-state index in [4.69, 9.17) is 15.2 Å². The highest BCUT2D eigenvalue weighted by atomic mass is 16.5. The van der Waals surface area contributed by atoms with Crippen molar-refractivity contribution in [1.82, 2.24) is 9.97 Å². The van der Waals surface area contributed by atoms with Crippen molar-refractivity contribution < 1.29 is 14.6 Å². The Labute approximate surface area is 110 Å². The number of aromatic nitrogens is 2. The number of anilines is 1. The maximum atomic E-state index is 10.3. The predicted octanol–water partition coefficient (Wildman–Crippen LogP) is 1.16. The summed E-state index contributed by atoms with van der Waals surface area (Å²) in [7, 11) is 2.94. The van der Waals surface area contributed by atoms with Gasteiger partial charge in [0.2, 0.25) is 11.8 Å². The highest BCUT2D eigenvalue weighted by molar-refractivity contribution is 5.43. The fourth-order valence-electron chi connectivity index (χ4n) is 1.69. The van der Waals surface area contributed by atoms with E-state index in [0.717, 1.165) is 0 Å². The molecule has 0 spiro atoms. The van der Waals surface area contributed by atoms with Crippen LogP contribution in [0.5, 0.6) is 11.8 Å². The number of nitrogen functional groups attached to an aromatic ring is 1. The maximum absolute atomic E-state index is 10.3. The number of aliphatic hydroxyl groups is 1. The predicted molar refractivity (Wildman–Crippen MR) is 70.1 cm³/mol. The summed E-state index contributed by atoms with van der Waals surface area (Å²) < 4.78 is 10.1. The lowest BCUT2D eigenvalue weighted by Gasteiger charge is -2.14. The molecule has 0 amide bonds.